The van der Waals surface area contributed by atoms with E-state index in [1.165, 1.54) is 6.08 Å². The van der Waals surface area contributed by atoms with E-state index in [4.69, 9.17) is 32.5 Å². The van der Waals surface area contributed by atoms with Crippen LogP contribution in [0.4, 0.5) is 4.79 Å². The van der Waals surface area contributed by atoms with Crippen LogP contribution in [0.2, 0.25) is 0 Å². The lowest BCUT2D eigenvalue weighted by atomic mass is 9.61. The van der Waals surface area contributed by atoms with E-state index in [2.05, 4.69) is 0 Å². The van der Waals surface area contributed by atoms with Crippen LogP contribution in [0.3, 0.4) is 0 Å². The van der Waals surface area contributed by atoms with Crippen LogP contribution < -0.4 is 11.5 Å². The Morgan fingerprint density at radius 2 is 1.79 bits per heavy atom. The average molecular weight is 358 g/mol. The topological polar surface area (TPSA) is 90.8 Å². The molecule has 6 nitrogen and oxygen atoms in total. The SMILES string of the molecule is CC(C)(C)OC(=O)N1CCC2(CC1)CC(O/C(N)=C/C=C(\N)Cl)C2. The summed E-state index contributed by atoms with van der Waals surface area (Å²) in [4.78, 5) is 13.9. The third kappa shape index (κ3) is 5.23. The summed E-state index contributed by atoms with van der Waals surface area (Å²) < 4.78 is 11.1. The summed E-state index contributed by atoms with van der Waals surface area (Å²) in [6.45, 7) is 7.12. The lowest BCUT2D eigenvalue weighted by Crippen LogP contribution is -2.51. The molecule has 1 saturated carbocycles. The van der Waals surface area contributed by atoms with Crippen molar-refractivity contribution in [3.63, 3.8) is 0 Å². The molecule has 1 saturated heterocycles. The van der Waals surface area contributed by atoms with Gasteiger partial charge in [0.1, 0.15) is 11.7 Å². The molecule has 1 spiro atoms. The molecule has 0 unspecified atom stereocenters. The maximum absolute atomic E-state index is 12.1. The first kappa shape index (κ1) is 18.8. The molecular formula is C17H28ClN3O3. The number of hydrogen-bond acceptors (Lipinski definition) is 5. The predicted molar refractivity (Wildman–Crippen MR) is 94.0 cm³/mol. The minimum Gasteiger partial charge on any atom is -0.476 e. The van der Waals surface area contributed by atoms with E-state index < -0.39 is 5.60 Å². The zero-order valence-electron chi connectivity index (χ0n) is 14.7. The van der Waals surface area contributed by atoms with Crippen molar-refractivity contribution in [1.29, 1.82) is 0 Å². The van der Waals surface area contributed by atoms with Gasteiger partial charge in [-0.05, 0) is 57.9 Å². The summed E-state index contributed by atoms with van der Waals surface area (Å²) in [5.74, 6) is 0.324. The van der Waals surface area contributed by atoms with Crippen LogP contribution in [0.25, 0.3) is 0 Å². The van der Waals surface area contributed by atoms with Gasteiger partial charge in [-0.1, -0.05) is 11.6 Å². The molecule has 1 heterocycles. The number of hydrogen-bond donors (Lipinski definition) is 2. The van der Waals surface area contributed by atoms with Crippen LogP contribution in [0, 0.1) is 5.41 Å². The molecule has 2 aliphatic rings. The van der Waals surface area contributed by atoms with Gasteiger partial charge < -0.3 is 25.8 Å². The number of ether oxygens (including phenoxy) is 2. The Kier molecular flexibility index (Phi) is 5.58. The van der Waals surface area contributed by atoms with E-state index in [1.807, 2.05) is 20.8 Å². The van der Waals surface area contributed by atoms with Crippen molar-refractivity contribution < 1.29 is 14.3 Å². The van der Waals surface area contributed by atoms with Crippen LogP contribution in [-0.2, 0) is 9.47 Å². The molecule has 2 rings (SSSR count). The Balaban J connectivity index is 1.75. The molecule has 0 atom stereocenters. The summed E-state index contributed by atoms with van der Waals surface area (Å²) in [5, 5.41) is 0.168. The normalized spacial score (nSPS) is 22.2. The Hall–Kier alpha value is -1.56. The first-order chi connectivity index (χ1) is 11.1. The minimum absolute atomic E-state index is 0.124. The predicted octanol–water partition coefficient (Wildman–Crippen LogP) is 3.02. The standard InChI is InChI=1S/C17H28ClN3O3/c1-16(2,3)24-15(22)21-8-6-17(7-9-21)10-12(11-17)23-14(20)5-4-13(18)19/h4-5,12H,6-11,19-20H2,1-3H3/b13-4-,14-5+. The maximum atomic E-state index is 12.1. The smallest absolute Gasteiger partial charge is 0.410 e. The van der Waals surface area contributed by atoms with Crippen molar-refractivity contribution in [1.82, 2.24) is 4.90 Å². The third-order valence-electron chi connectivity index (χ3n) is 4.51. The fourth-order valence-corrected chi connectivity index (χ4v) is 3.34. The molecule has 0 aromatic carbocycles. The highest BCUT2D eigenvalue weighted by Gasteiger charge is 2.48. The number of amides is 1. The van der Waals surface area contributed by atoms with E-state index in [9.17, 15) is 4.79 Å². The first-order valence-corrected chi connectivity index (χ1v) is 8.69. The molecule has 136 valence electrons. The molecule has 7 heteroatoms. The average Bonchev–Trinajstić information content (AvgIpc) is 2.42. The van der Waals surface area contributed by atoms with Crippen LogP contribution >= 0.6 is 11.6 Å². The molecule has 24 heavy (non-hydrogen) atoms. The number of piperidine rings is 1. The fraction of sp³-hybridized carbons (Fsp3) is 0.706. The molecule has 0 bridgehead atoms. The number of halogens is 1. The summed E-state index contributed by atoms with van der Waals surface area (Å²) in [6, 6.07) is 0. The zero-order chi connectivity index (χ0) is 18.0. The summed E-state index contributed by atoms with van der Waals surface area (Å²) in [6.07, 6.45) is 6.85. The van der Waals surface area contributed by atoms with Gasteiger partial charge in [-0.2, -0.15) is 0 Å². The fourth-order valence-electron chi connectivity index (χ4n) is 3.28. The van der Waals surface area contributed by atoms with Gasteiger partial charge in [-0.3, -0.25) is 0 Å². The van der Waals surface area contributed by atoms with E-state index in [1.54, 1.807) is 11.0 Å². The molecule has 0 aromatic heterocycles. The van der Waals surface area contributed by atoms with Crippen LogP contribution in [0.5, 0.6) is 0 Å². The number of carbonyl (C=O) groups excluding carboxylic acids is 1. The van der Waals surface area contributed by atoms with Crippen LogP contribution in [-0.4, -0.2) is 35.8 Å². The molecule has 1 aliphatic heterocycles. The molecule has 2 fully saturated rings. The lowest BCUT2D eigenvalue weighted by Gasteiger charge is -2.51. The molecule has 1 amide bonds. The number of nitrogens with two attached hydrogens (primary N) is 2. The molecule has 4 N–H and O–H groups in total. The van der Waals surface area contributed by atoms with Gasteiger partial charge in [0.05, 0.1) is 5.16 Å². The highest BCUT2D eigenvalue weighted by atomic mass is 35.5. The van der Waals surface area contributed by atoms with Gasteiger partial charge in [0.2, 0.25) is 0 Å². The van der Waals surface area contributed by atoms with E-state index in [0.29, 0.717) is 5.88 Å². The van der Waals surface area contributed by atoms with Crippen molar-refractivity contribution in [3.8, 4) is 0 Å². The van der Waals surface area contributed by atoms with Crippen molar-refractivity contribution >= 4 is 17.7 Å². The minimum atomic E-state index is -0.452. The van der Waals surface area contributed by atoms with E-state index in [-0.39, 0.29) is 22.8 Å². The van der Waals surface area contributed by atoms with Gasteiger partial charge in [0, 0.05) is 19.2 Å². The Labute approximate surface area is 148 Å². The lowest BCUT2D eigenvalue weighted by molar-refractivity contribution is -0.0831. The maximum Gasteiger partial charge on any atom is 0.410 e. The van der Waals surface area contributed by atoms with Gasteiger partial charge in [-0.15, -0.1) is 0 Å². The van der Waals surface area contributed by atoms with Gasteiger partial charge in [0.15, 0.2) is 5.88 Å². The van der Waals surface area contributed by atoms with Crippen LogP contribution in [0.15, 0.2) is 23.2 Å². The molecular weight excluding hydrogens is 330 g/mol. The van der Waals surface area contributed by atoms with E-state index >= 15 is 0 Å². The second-order valence-corrected chi connectivity index (χ2v) is 8.17. The number of carbonyl (C=O) groups is 1. The van der Waals surface area contributed by atoms with Gasteiger partial charge >= 0.3 is 6.09 Å². The Morgan fingerprint density at radius 3 is 2.29 bits per heavy atom. The second-order valence-electron chi connectivity index (χ2n) is 7.74. The number of rotatable bonds is 3. The first-order valence-electron chi connectivity index (χ1n) is 8.32. The summed E-state index contributed by atoms with van der Waals surface area (Å²) >= 11 is 5.54. The third-order valence-corrected chi connectivity index (χ3v) is 4.63. The van der Waals surface area contributed by atoms with E-state index in [0.717, 1.165) is 38.8 Å². The van der Waals surface area contributed by atoms with Crippen molar-refractivity contribution in [2.75, 3.05) is 13.1 Å². The largest absolute Gasteiger partial charge is 0.476 e. The zero-order valence-corrected chi connectivity index (χ0v) is 15.4. The molecule has 0 radical (unpaired) electrons. The summed E-state index contributed by atoms with van der Waals surface area (Å²) in [7, 11) is 0. The highest BCUT2D eigenvalue weighted by Crippen LogP contribution is 2.50. The number of nitrogens with zero attached hydrogens (tertiary/aromatic N) is 1. The molecule has 1 aliphatic carbocycles. The summed E-state index contributed by atoms with van der Waals surface area (Å²) in [5.41, 5.74) is 10.9. The molecule has 0 aromatic rings. The highest BCUT2D eigenvalue weighted by molar-refractivity contribution is 6.29. The number of allylic oxidation sites excluding steroid dienone is 2. The number of likely N-dealkylation sites (tertiary alicyclic amines) is 1. The Bertz CT molecular complexity index is 520. The van der Waals surface area contributed by atoms with Crippen molar-refractivity contribution in [2.24, 2.45) is 16.9 Å². The van der Waals surface area contributed by atoms with Gasteiger partial charge in [-0.25, -0.2) is 4.79 Å². The van der Waals surface area contributed by atoms with Gasteiger partial charge in [0.25, 0.3) is 0 Å². The van der Waals surface area contributed by atoms with Crippen LogP contribution in [0.1, 0.15) is 46.5 Å². The Morgan fingerprint density at radius 1 is 1.21 bits per heavy atom. The van der Waals surface area contributed by atoms with Crippen molar-refractivity contribution in [3.05, 3.63) is 23.2 Å². The quantitative estimate of drug-likeness (QED) is 0.460. The van der Waals surface area contributed by atoms with Crippen molar-refractivity contribution in [2.45, 2.75) is 58.2 Å². The second kappa shape index (κ2) is 7.13. The monoisotopic (exact) mass is 357 g/mol.